The maximum absolute atomic E-state index is 11.8. The molecule has 8 heteroatoms. The molecule has 0 aromatic heterocycles. The molecule has 0 atom stereocenters. The zero-order chi connectivity index (χ0) is 18.1. The number of thiocarbonyl (C=S) groups is 1. The second-order valence-corrected chi connectivity index (χ2v) is 5.41. The van der Waals surface area contributed by atoms with Crippen molar-refractivity contribution in [3.05, 3.63) is 60.2 Å². The lowest BCUT2D eigenvalue weighted by Gasteiger charge is -2.12. The van der Waals surface area contributed by atoms with Crippen LogP contribution in [0.2, 0.25) is 0 Å². The summed E-state index contributed by atoms with van der Waals surface area (Å²) >= 11 is 4.93. The zero-order valence-corrected chi connectivity index (χ0v) is 14.4. The first-order valence-corrected chi connectivity index (χ1v) is 7.86. The molecule has 2 aromatic rings. The van der Waals surface area contributed by atoms with E-state index in [0.29, 0.717) is 11.4 Å². The van der Waals surface area contributed by atoms with Gasteiger partial charge in [-0.25, -0.2) is 10.2 Å². The molecule has 0 spiro atoms. The van der Waals surface area contributed by atoms with E-state index in [1.807, 2.05) is 31.2 Å². The number of nitrogens with one attached hydrogen (secondary N) is 4. The molecule has 4 N–H and O–H groups in total. The molecule has 130 valence electrons. The highest BCUT2D eigenvalue weighted by Crippen LogP contribution is 2.15. The van der Waals surface area contributed by atoms with Crippen molar-refractivity contribution >= 4 is 35.0 Å². The Morgan fingerprint density at radius 3 is 2.40 bits per heavy atom. The van der Waals surface area contributed by atoms with Crippen molar-refractivity contribution in [2.24, 2.45) is 0 Å². The van der Waals surface area contributed by atoms with Crippen LogP contribution in [0.3, 0.4) is 0 Å². The molecule has 25 heavy (non-hydrogen) atoms. The first-order chi connectivity index (χ1) is 12.0. The van der Waals surface area contributed by atoms with Crippen LogP contribution in [0.25, 0.3) is 0 Å². The number of ether oxygens (including phenoxy) is 1. The number of urea groups is 1. The minimum Gasteiger partial charge on any atom is -0.483 e. The molecule has 0 aliphatic carbocycles. The largest absolute Gasteiger partial charge is 0.483 e. The average Bonchev–Trinajstić information content (AvgIpc) is 2.60. The lowest BCUT2D eigenvalue weighted by molar-refractivity contribution is -0.121. The number of rotatable bonds is 4. The van der Waals surface area contributed by atoms with Gasteiger partial charge in [-0.05, 0) is 42.9 Å². The van der Waals surface area contributed by atoms with Crippen LogP contribution < -0.4 is 26.2 Å². The molecule has 0 heterocycles. The Balaban J connectivity index is 1.68. The minimum atomic E-state index is -0.515. The van der Waals surface area contributed by atoms with E-state index in [1.165, 1.54) is 0 Å². The van der Waals surface area contributed by atoms with Gasteiger partial charge in [-0.2, -0.15) is 0 Å². The number of hydrogen-bond donors (Lipinski definition) is 4. The zero-order valence-electron chi connectivity index (χ0n) is 13.5. The summed E-state index contributed by atoms with van der Waals surface area (Å²) in [4.78, 5) is 23.5. The fourth-order valence-corrected chi connectivity index (χ4v) is 2.02. The van der Waals surface area contributed by atoms with E-state index in [4.69, 9.17) is 17.0 Å². The van der Waals surface area contributed by atoms with Crippen LogP contribution in [0.15, 0.2) is 54.6 Å². The quantitative estimate of drug-likeness (QED) is 0.496. The van der Waals surface area contributed by atoms with Crippen molar-refractivity contribution in [2.45, 2.75) is 6.92 Å². The first kappa shape index (κ1) is 18.2. The van der Waals surface area contributed by atoms with Crippen molar-refractivity contribution in [3.63, 3.8) is 0 Å². The van der Waals surface area contributed by atoms with Crippen molar-refractivity contribution in [1.82, 2.24) is 16.2 Å². The van der Waals surface area contributed by atoms with E-state index in [9.17, 15) is 9.59 Å². The van der Waals surface area contributed by atoms with E-state index >= 15 is 0 Å². The van der Waals surface area contributed by atoms with Crippen LogP contribution >= 0.6 is 12.2 Å². The highest BCUT2D eigenvalue weighted by Gasteiger charge is 2.08. The van der Waals surface area contributed by atoms with Gasteiger partial charge in [0, 0.05) is 5.69 Å². The van der Waals surface area contributed by atoms with Gasteiger partial charge in [-0.3, -0.25) is 15.5 Å². The molecule has 3 amide bonds. The van der Waals surface area contributed by atoms with Crippen molar-refractivity contribution in [3.8, 4) is 5.75 Å². The van der Waals surface area contributed by atoms with Gasteiger partial charge in [0.1, 0.15) is 5.75 Å². The number of hydrogen-bond acceptors (Lipinski definition) is 4. The first-order valence-electron chi connectivity index (χ1n) is 7.45. The second kappa shape index (κ2) is 9.24. The number of para-hydroxylation sites is 2. The Bertz CT molecular complexity index is 753. The van der Waals surface area contributed by atoms with Crippen molar-refractivity contribution in [1.29, 1.82) is 0 Å². The van der Waals surface area contributed by atoms with E-state index in [0.717, 1.165) is 5.56 Å². The molecule has 0 radical (unpaired) electrons. The summed E-state index contributed by atoms with van der Waals surface area (Å²) in [5, 5.41) is 4.96. The van der Waals surface area contributed by atoms with Gasteiger partial charge in [0.05, 0.1) is 0 Å². The Hall–Kier alpha value is -3.13. The molecule has 0 aliphatic heterocycles. The molecule has 0 saturated carbocycles. The number of carbonyl (C=O) groups excluding carboxylic acids is 2. The molecule has 0 aliphatic rings. The standard InChI is InChI=1S/C17H18N4O3S/c1-12-7-5-6-10-14(12)24-11-15(22)19-17(25)21-20-16(23)18-13-8-3-2-4-9-13/h2-10H,11H2,1H3,(H2,18,20,23)(H2,19,21,22,25). The van der Waals surface area contributed by atoms with Crippen LogP contribution in [0.4, 0.5) is 10.5 Å². The van der Waals surface area contributed by atoms with Gasteiger partial charge in [-0.15, -0.1) is 0 Å². The van der Waals surface area contributed by atoms with E-state index in [-0.39, 0.29) is 11.7 Å². The summed E-state index contributed by atoms with van der Waals surface area (Å²) in [6.07, 6.45) is 0. The molecule has 2 aromatic carbocycles. The lowest BCUT2D eigenvalue weighted by Crippen LogP contribution is -2.50. The summed E-state index contributed by atoms with van der Waals surface area (Å²) in [6, 6.07) is 15.7. The topological polar surface area (TPSA) is 91.5 Å². The fraction of sp³-hybridized carbons (Fsp3) is 0.118. The van der Waals surface area contributed by atoms with Gasteiger partial charge in [0.2, 0.25) is 0 Å². The molecule has 0 fully saturated rings. The summed E-state index contributed by atoms with van der Waals surface area (Å²) in [6.45, 7) is 1.69. The minimum absolute atomic E-state index is 0.0402. The predicted molar refractivity (Wildman–Crippen MR) is 99.1 cm³/mol. The normalized spacial score (nSPS) is 9.64. The van der Waals surface area contributed by atoms with Crippen LogP contribution in [0, 0.1) is 6.92 Å². The summed E-state index contributed by atoms with van der Waals surface area (Å²) in [5.41, 5.74) is 6.30. The molecule has 2 rings (SSSR count). The van der Waals surface area contributed by atoms with Gasteiger partial charge >= 0.3 is 6.03 Å². The molecule has 0 bridgehead atoms. The van der Waals surface area contributed by atoms with Crippen molar-refractivity contribution < 1.29 is 14.3 Å². The lowest BCUT2D eigenvalue weighted by atomic mass is 10.2. The fourth-order valence-electron chi connectivity index (χ4n) is 1.85. The molecular formula is C17H18N4O3S. The third-order valence-electron chi connectivity index (χ3n) is 3.03. The summed E-state index contributed by atoms with van der Waals surface area (Å²) < 4.78 is 5.40. The molecule has 0 unspecified atom stereocenters. The maximum Gasteiger partial charge on any atom is 0.337 e. The highest BCUT2D eigenvalue weighted by molar-refractivity contribution is 7.80. The Morgan fingerprint density at radius 2 is 1.68 bits per heavy atom. The Kier molecular flexibility index (Phi) is 6.73. The van der Waals surface area contributed by atoms with Gasteiger partial charge in [-0.1, -0.05) is 36.4 Å². The molecule has 7 nitrogen and oxygen atoms in total. The average molecular weight is 358 g/mol. The van der Waals surface area contributed by atoms with Gasteiger partial charge in [0.25, 0.3) is 5.91 Å². The smallest absolute Gasteiger partial charge is 0.337 e. The van der Waals surface area contributed by atoms with Crippen molar-refractivity contribution in [2.75, 3.05) is 11.9 Å². The van der Waals surface area contributed by atoms with Crippen LogP contribution in [0.5, 0.6) is 5.75 Å². The number of carbonyl (C=O) groups is 2. The SMILES string of the molecule is Cc1ccccc1OCC(=O)NC(=S)NNC(=O)Nc1ccccc1. The number of hydrazine groups is 1. The predicted octanol–water partition coefficient (Wildman–Crippen LogP) is 2.10. The second-order valence-electron chi connectivity index (χ2n) is 5.00. The van der Waals surface area contributed by atoms with E-state index in [1.54, 1.807) is 30.3 Å². The number of aryl methyl sites for hydroxylation is 1. The Labute approximate surface area is 150 Å². The Morgan fingerprint density at radius 1 is 1.00 bits per heavy atom. The maximum atomic E-state index is 11.8. The number of anilines is 1. The number of amides is 3. The van der Waals surface area contributed by atoms with Crippen LogP contribution in [-0.4, -0.2) is 23.7 Å². The summed E-state index contributed by atoms with van der Waals surface area (Å²) in [7, 11) is 0. The summed E-state index contributed by atoms with van der Waals surface area (Å²) in [5.74, 6) is 0.183. The highest BCUT2D eigenvalue weighted by atomic mass is 32.1. The molecule has 0 saturated heterocycles. The third-order valence-corrected chi connectivity index (χ3v) is 3.23. The molecular weight excluding hydrogens is 340 g/mol. The van der Waals surface area contributed by atoms with Gasteiger partial charge in [0.15, 0.2) is 11.7 Å². The monoisotopic (exact) mass is 358 g/mol. The van der Waals surface area contributed by atoms with Crippen LogP contribution in [-0.2, 0) is 4.79 Å². The third kappa shape index (κ3) is 6.48. The van der Waals surface area contributed by atoms with Gasteiger partial charge < -0.3 is 10.1 Å². The van der Waals surface area contributed by atoms with E-state index in [2.05, 4.69) is 21.5 Å². The van der Waals surface area contributed by atoms with Crippen LogP contribution in [0.1, 0.15) is 5.56 Å². The van der Waals surface area contributed by atoms with E-state index < -0.39 is 11.9 Å². The number of benzene rings is 2.